The number of carbonyl (C=O) groups is 1. The van der Waals surface area contributed by atoms with Crippen LogP contribution in [0, 0.1) is 0 Å². The van der Waals surface area contributed by atoms with Crippen molar-refractivity contribution in [2.24, 2.45) is 0 Å². The van der Waals surface area contributed by atoms with E-state index in [1.165, 1.54) is 38.2 Å². The topological polar surface area (TPSA) is 184 Å². The maximum atomic E-state index is 13.9. The van der Waals surface area contributed by atoms with Crippen molar-refractivity contribution in [1.29, 1.82) is 0 Å². The van der Waals surface area contributed by atoms with E-state index < -0.39 is 48.0 Å². The molecule has 0 bridgehead atoms. The number of aromatic nitrogens is 4. The molecule has 0 saturated carbocycles. The Morgan fingerprint density at radius 1 is 1.30 bits per heavy atom. The number of ether oxygens (including phenoxy) is 2. The van der Waals surface area contributed by atoms with E-state index in [0.717, 1.165) is 11.4 Å². The summed E-state index contributed by atoms with van der Waals surface area (Å²) in [7, 11) is 1.22. The number of nitrogens with one attached hydrogen (secondary N) is 1. The normalized spacial score (nSPS) is 26.9. The molecule has 0 amide bonds. The van der Waals surface area contributed by atoms with Crippen molar-refractivity contribution >= 4 is 41.1 Å². The number of aliphatic hydroxyl groups is 2. The van der Waals surface area contributed by atoms with Crippen molar-refractivity contribution in [1.82, 2.24) is 24.6 Å². The Bertz CT molecular complexity index is 1310. The minimum Gasteiger partial charge on any atom is -0.468 e. The van der Waals surface area contributed by atoms with Gasteiger partial charge in [0.2, 0.25) is 0 Å². The number of imidazole rings is 1. The summed E-state index contributed by atoms with van der Waals surface area (Å²) in [6.07, 6.45) is -0.822. The molecule has 37 heavy (non-hydrogen) atoms. The first-order valence-electron chi connectivity index (χ1n) is 11.3. The van der Waals surface area contributed by atoms with Crippen LogP contribution in [0.2, 0.25) is 0 Å². The van der Waals surface area contributed by atoms with Crippen LogP contribution in [0.25, 0.3) is 11.2 Å². The van der Waals surface area contributed by atoms with Gasteiger partial charge in [-0.1, -0.05) is 25.1 Å². The van der Waals surface area contributed by atoms with Gasteiger partial charge in [0.25, 0.3) is 0 Å². The predicted octanol–water partition coefficient (Wildman–Crippen LogP) is 1.88. The Hall–Kier alpha value is -2.74. The quantitative estimate of drug-likeness (QED) is 0.223. The summed E-state index contributed by atoms with van der Waals surface area (Å²) in [6.45, 7) is 0.767. The van der Waals surface area contributed by atoms with E-state index in [4.69, 9.17) is 19.7 Å². The van der Waals surface area contributed by atoms with Crippen LogP contribution in [0.3, 0.4) is 0 Å². The highest BCUT2D eigenvalue weighted by Gasteiger charge is 2.56. The maximum absolute atomic E-state index is 13.9. The number of hydrogen-bond donors (Lipinski definition) is 4. The van der Waals surface area contributed by atoms with Gasteiger partial charge in [0.05, 0.1) is 13.4 Å². The minimum absolute atomic E-state index is 0.159. The number of nitrogens with zero attached hydrogens (tertiary/aromatic N) is 4. The van der Waals surface area contributed by atoms with E-state index in [-0.39, 0.29) is 5.82 Å². The number of benzene rings is 1. The van der Waals surface area contributed by atoms with Crippen molar-refractivity contribution in [2.45, 2.75) is 56.1 Å². The second kappa shape index (κ2) is 10.6. The number of carbonyl (C=O) groups excluding carboxylic acids is 1. The second-order valence-electron chi connectivity index (χ2n) is 8.79. The molecule has 5 N–H and O–H groups in total. The number of hydrogen-bond acceptors (Lipinski definition) is 12. The molecule has 0 aliphatic carbocycles. The summed E-state index contributed by atoms with van der Waals surface area (Å²) in [5, 5.41) is 24.4. The minimum atomic E-state index is -3.83. The van der Waals surface area contributed by atoms with Crippen LogP contribution in [0.5, 0.6) is 5.75 Å². The number of nitrogens with two attached hydrogens (primary N) is 1. The lowest BCUT2D eigenvalue weighted by Gasteiger charge is -2.29. The van der Waals surface area contributed by atoms with Gasteiger partial charge < -0.3 is 29.9 Å². The van der Waals surface area contributed by atoms with Crippen molar-refractivity contribution in [3.05, 3.63) is 43.0 Å². The third kappa shape index (κ3) is 5.44. The molecule has 1 aromatic carbocycles. The zero-order valence-electron chi connectivity index (χ0n) is 20.6. The van der Waals surface area contributed by atoms with Crippen molar-refractivity contribution in [3.63, 3.8) is 0 Å². The second-order valence-corrected chi connectivity index (χ2v) is 13.3. The third-order valence-electron chi connectivity index (χ3n) is 5.98. The molecule has 0 radical (unpaired) electrons. The summed E-state index contributed by atoms with van der Waals surface area (Å²) in [6, 6.07) is 7.52. The first kappa shape index (κ1) is 27.3. The largest absolute Gasteiger partial charge is 0.468 e. The van der Waals surface area contributed by atoms with E-state index >= 15 is 0 Å². The van der Waals surface area contributed by atoms with Gasteiger partial charge in [-0.15, -0.1) is 0 Å². The number of nitrogen functional groups attached to an aromatic ring is 1. The number of anilines is 1. The fourth-order valence-electron chi connectivity index (χ4n) is 4.04. The van der Waals surface area contributed by atoms with Crippen molar-refractivity contribution < 1.29 is 33.6 Å². The predicted molar refractivity (Wildman–Crippen MR) is 137 cm³/mol. The van der Waals surface area contributed by atoms with Crippen molar-refractivity contribution in [2.75, 3.05) is 12.8 Å². The molecule has 13 nitrogen and oxygen atoms in total. The lowest BCUT2D eigenvalue weighted by molar-refractivity contribution is -0.142. The van der Waals surface area contributed by atoms with Gasteiger partial charge in [0.15, 0.2) is 17.7 Å². The number of esters is 1. The van der Waals surface area contributed by atoms with Crippen LogP contribution in [0.4, 0.5) is 5.82 Å². The van der Waals surface area contributed by atoms with E-state index in [9.17, 15) is 19.6 Å². The Morgan fingerprint density at radius 3 is 2.68 bits per heavy atom. The summed E-state index contributed by atoms with van der Waals surface area (Å²) in [5.41, 5.74) is 4.74. The zero-order valence-corrected chi connectivity index (χ0v) is 22.3. The molecule has 3 aromatic rings. The average Bonchev–Trinajstić information content (AvgIpc) is 3.38. The number of rotatable bonds is 9. The molecule has 1 fully saturated rings. The molecule has 1 aliphatic heterocycles. The standard InChI is InChI=1S/C22H29N6O7PS/c1-12(20(30)33-4)27-36(32,35-14-8-6-5-7-9-14)37-13(2)16-17(29)22(3,31)21(34-16)28-11-26-15-18(23)24-10-25-19(15)28/h5-13,16-17,21,29,31H,1-4H3,(H,27,32)(H2,23,24,25)/t12-,13?,16?,17-,21?,22-,36?/m1/s1. The smallest absolute Gasteiger partial charge is 0.375 e. The van der Waals surface area contributed by atoms with Crippen LogP contribution in [-0.4, -0.2) is 71.9 Å². The molecule has 0 spiro atoms. The van der Waals surface area contributed by atoms with E-state index in [1.54, 1.807) is 37.3 Å². The molecule has 1 saturated heterocycles. The zero-order chi connectivity index (χ0) is 27.0. The highest BCUT2D eigenvalue weighted by atomic mass is 32.7. The maximum Gasteiger partial charge on any atom is 0.375 e. The summed E-state index contributed by atoms with van der Waals surface area (Å²) in [4.78, 5) is 24.3. The molecule has 7 atom stereocenters. The molecular formula is C22H29N6O7PS. The molecule has 200 valence electrons. The van der Waals surface area contributed by atoms with Crippen LogP contribution in [0.1, 0.15) is 27.0 Å². The molecule has 1 aliphatic rings. The monoisotopic (exact) mass is 552 g/mol. The van der Waals surface area contributed by atoms with Crippen LogP contribution < -0.4 is 15.3 Å². The number of fused-ring (bicyclic) bond motifs is 1. The van der Waals surface area contributed by atoms with Gasteiger partial charge in [-0.25, -0.2) is 24.6 Å². The van der Waals surface area contributed by atoms with E-state index in [2.05, 4.69) is 20.0 Å². The van der Waals surface area contributed by atoms with Gasteiger partial charge in [-0.3, -0.25) is 9.36 Å². The van der Waals surface area contributed by atoms with Crippen LogP contribution in [-0.2, 0) is 18.8 Å². The summed E-state index contributed by atoms with van der Waals surface area (Å²) >= 11 is 0.853. The van der Waals surface area contributed by atoms with Crippen LogP contribution in [0.15, 0.2) is 43.0 Å². The van der Waals surface area contributed by atoms with Gasteiger partial charge in [0.1, 0.15) is 41.4 Å². The highest BCUT2D eigenvalue weighted by molar-refractivity contribution is 8.56. The van der Waals surface area contributed by atoms with Gasteiger partial charge in [0, 0.05) is 5.25 Å². The fourth-order valence-corrected chi connectivity index (χ4v) is 8.66. The molecule has 15 heteroatoms. The van der Waals surface area contributed by atoms with E-state index in [0.29, 0.717) is 16.9 Å². The molecule has 4 rings (SSSR count). The lowest BCUT2D eigenvalue weighted by Crippen LogP contribution is -2.45. The first-order chi connectivity index (χ1) is 17.5. The Labute approximate surface area is 217 Å². The van der Waals surface area contributed by atoms with E-state index in [1.807, 2.05) is 0 Å². The molecule has 3 heterocycles. The summed E-state index contributed by atoms with van der Waals surface area (Å²) in [5.74, 6) is -0.152. The summed E-state index contributed by atoms with van der Waals surface area (Å²) < 4.78 is 32.1. The SMILES string of the molecule is COC(=O)[C@@H](C)NP(=O)(Oc1ccccc1)SC(C)C1OC(n2cnc3c(N)ncnc32)[C@](C)(O)[C@@H]1O. The Balaban J connectivity index is 1.60. The molecule has 2 aromatic heterocycles. The number of para-hydroxylation sites is 1. The average molecular weight is 553 g/mol. The molecule has 4 unspecified atom stereocenters. The highest BCUT2D eigenvalue weighted by Crippen LogP contribution is 2.59. The van der Waals surface area contributed by atoms with Gasteiger partial charge in [-0.05, 0) is 37.4 Å². The van der Waals surface area contributed by atoms with Gasteiger partial charge in [-0.2, -0.15) is 0 Å². The van der Waals surface area contributed by atoms with Crippen molar-refractivity contribution in [3.8, 4) is 5.75 Å². The Morgan fingerprint density at radius 2 is 2.00 bits per heavy atom. The Kier molecular flexibility index (Phi) is 7.79. The first-order valence-corrected chi connectivity index (χ1v) is 14.5. The van der Waals surface area contributed by atoms with Gasteiger partial charge >= 0.3 is 12.7 Å². The number of aliphatic hydroxyl groups excluding tert-OH is 1. The lowest BCUT2D eigenvalue weighted by atomic mass is 9.95. The number of methoxy groups -OCH3 is 1. The fraction of sp³-hybridized carbons (Fsp3) is 0.455. The third-order valence-corrected chi connectivity index (χ3v) is 10.4. The van der Waals surface area contributed by atoms with Crippen LogP contribution >= 0.6 is 18.1 Å². The molecular weight excluding hydrogens is 523 g/mol.